The molecule has 2 fully saturated rings. The number of benzene rings is 1. The Morgan fingerprint density at radius 1 is 1.15 bits per heavy atom. The minimum absolute atomic E-state index is 0.117. The highest BCUT2D eigenvalue weighted by Crippen LogP contribution is 2.52. The first kappa shape index (κ1) is 34.1. The molecule has 1 aliphatic carbocycles. The van der Waals surface area contributed by atoms with Gasteiger partial charge in [0.25, 0.3) is 11.8 Å². The Kier molecular flexibility index (Phi) is 9.26. The van der Waals surface area contributed by atoms with Crippen molar-refractivity contribution in [2.45, 2.75) is 77.9 Å². The summed E-state index contributed by atoms with van der Waals surface area (Å²) in [6.45, 7) is 10.2. The second-order valence-corrected chi connectivity index (χ2v) is 14.2. The summed E-state index contributed by atoms with van der Waals surface area (Å²) in [7, 11) is 2.76. The number of anilines is 4. The lowest BCUT2D eigenvalue weighted by molar-refractivity contribution is -0.140. The minimum atomic E-state index is -3.59. The lowest BCUT2D eigenvalue weighted by Crippen LogP contribution is -2.51. The van der Waals surface area contributed by atoms with Gasteiger partial charge in [-0.25, -0.2) is 9.78 Å². The maximum Gasteiger partial charge on any atom is 0.410 e. The van der Waals surface area contributed by atoms with Crippen molar-refractivity contribution in [3.63, 3.8) is 0 Å². The molecular weight excluding hydrogens is 612 g/mol. The van der Waals surface area contributed by atoms with E-state index in [1.165, 1.54) is 25.3 Å². The number of piperidine rings is 1. The summed E-state index contributed by atoms with van der Waals surface area (Å²) in [6, 6.07) is 4.58. The highest BCUT2D eigenvalue weighted by Gasteiger charge is 2.48. The molecule has 3 aliphatic rings. The molecule has 2 aromatic rings. The van der Waals surface area contributed by atoms with E-state index < -0.39 is 24.0 Å². The third-order valence-corrected chi connectivity index (χ3v) is 9.17. The Morgan fingerprint density at radius 2 is 1.83 bits per heavy atom. The van der Waals surface area contributed by atoms with Gasteiger partial charge in [0.05, 0.1) is 25.5 Å². The van der Waals surface area contributed by atoms with E-state index in [1.807, 2.05) is 20.8 Å². The number of ether oxygens (including phenoxy) is 2. The van der Waals surface area contributed by atoms with Crippen LogP contribution in [0.4, 0.5) is 36.7 Å². The smallest absolute Gasteiger partial charge is 0.410 e. The van der Waals surface area contributed by atoms with Crippen molar-refractivity contribution in [3.05, 3.63) is 30.0 Å². The van der Waals surface area contributed by atoms with E-state index in [2.05, 4.69) is 20.6 Å². The van der Waals surface area contributed by atoms with Crippen molar-refractivity contribution in [2.24, 2.45) is 11.3 Å². The lowest BCUT2D eigenvalue weighted by atomic mass is 9.57. The molecule has 1 aromatic heterocycles. The SMILES string of the molecule is COc1cc(C(=O)NCC2CC3(CCN(C(=O)OC(C)(C)C)CC3)C2)ccc1Nc1ncc2c(n1)N(C(C)C)CC(F)(F)C(=O)N2C. The van der Waals surface area contributed by atoms with Crippen LogP contribution in [0.25, 0.3) is 0 Å². The first-order valence-corrected chi connectivity index (χ1v) is 16.0. The normalized spacial score (nSPS) is 19.2. The molecule has 12 nitrogen and oxygen atoms in total. The number of fused-ring (bicyclic) bond motifs is 1. The second kappa shape index (κ2) is 12.8. The van der Waals surface area contributed by atoms with Crippen LogP contribution >= 0.6 is 0 Å². The molecule has 1 saturated carbocycles. The van der Waals surface area contributed by atoms with Crippen molar-refractivity contribution in [3.8, 4) is 5.75 Å². The predicted octanol–water partition coefficient (Wildman–Crippen LogP) is 5.21. The molecule has 1 saturated heterocycles. The molecule has 256 valence electrons. The average Bonchev–Trinajstić information content (AvgIpc) is 3.06. The Morgan fingerprint density at radius 3 is 2.45 bits per heavy atom. The number of amides is 3. The maximum absolute atomic E-state index is 14.7. The van der Waals surface area contributed by atoms with Crippen LogP contribution in [-0.4, -0.2) is 90.7 Å². The van der Waals surface area contributed by atoms with Crippen LogP contribution in [0.3, 0.4) is 0 Å². The van der Waals surface area contributed by atoms with E-state index in [4.69, 9.17) is 9.47 Å². The van der Waals surface area contributed by atoms with Crippen LogP contribution in [0.1, 0.15) is 70.7 Å². The van der Waals surface area contributed by atoms with Crippen molar-refractivity contribution >= 4 is 41.0 Å². The first-order chi connectivity index (χ1) is 22.0. The second-order valence-electron chi connectivity index (χ2n) is 14.2. The fraction of sp³-hybridized carbons (Fsp3) is 0.606. The van der Waals surface area contributed by atoms with Gasteiger partial charge in [-0.05, 0) is 89.8 Å². The van der Waals surface area contributed by atoms with Crippen LogP contribution in [-0.2, 0) is 9.53 Å². The Balaban J connectivity index is 1.18. The van der Waals surface area contributed by atoms with E-state index in [1.54, 1.807) is 36.9 Å². The molecule has 14 heteroatoms. The molecule has 0 unspecified atom stereocenters. The van der Waals surface area contributed by atoms with Gasteiger partial charge in [-0.3, -0.25) is 9.59 Å². The molecule has 5 rings (SSSR count). The zero-order valence-electron chi connectivity index (χ0n) is 28.2. The number of rotatable bonds is 7. The number of halogens is 2. The number of carbonyl (C=O) groups is 3. The molecule has 3 heterocycles. The maximum atomic E-state index is 14.7. The third-order valence-electron chi connectivity index (χ3n) is 9.17. The van der Waals surface area contributed by atoms with Gasteiger partial charge < -0.3 is 34.8 Å². The Labute approximate surface area is 274 Å². The van der Waals surface area contributed by atoms with Crippen LogP contribution in [0.15, 0.2) is 24.4 Å². The molecular formula is C33H45F2N7O5. The number of aromatic nitrogens is 2. The van der Waals surface area contributed by atoms with Crippen LogP contribution < -0.4 is 25.2 Å². The van der Waals surface area contributed by atoms with Gasteiger partial charge in [0.2, 0.25) is 5.95 Å². The van der Waals surface area contributed by atoms with Gasteiger partial charge >= 0.3 is 12.0 Å². The first-order valence-electron chi connectivity index (χ1n) is 16.0. The standard InChI is InChI=1S/C33H45F2N7O5/c1-20(2)42-19-33(34,35)28(44)40(6)24-18-37-29(39-26(24)42)38-23-9-8-22(14-25(23)46-7)27(43)36-17-21-15-32(16-21)10-12-41(13-11-32)30(45)47-31(3,4)5/h8-9,14,18,20-21H,10-13,15-17,19H2,1-7H3,(H,36,43)(H,37,38,39). The molecule has 2 aliphatic heterocycles. The van der Waals surface area contributed by atoms with Gasteiger partial charge in [0, 0.05) is 38.3 Å². The lowest BCUT2D eigenvalue weighted by Gasteiger charge is -2.52. The number of hydrogen-bond donors (Lipinski definition) is 2. The van der Waals surface area contributed by atoms with Crippen molar-refractivity contribution in [1.82, 2.24) is 20.2 Å². The summed E-state index contributed by atoms with van der Waals surface area (Å²) >= 11 is 0. The molecule has 0 bridgehead atoms. The van der Waals surface area contributed by atoms with Crippen molar-refractivity contribution in [1.29, 1.82) is 0 Å². The van der Waals surface area contributed by atoms with E-state index in [9.17, 15) is 23.2 Å². The highest BCUT2D eigenvalue weighted by molar-refractivity contribution is 6.02. The minimum Gasteiger partial charge on any atom is -0.495 e. The van der Waals surface area contributed by atoms with E-state index in [0.717, 1.165) is 30.6 Å². The fourth-order valence-electron chi connectivity index (χ4n) is 6.62. The summed E-state index contributed by atoms with van der Waals surface area (Å²) in [5.74, 6) is -4.07. The molecule has 3 amide bonds. The van der Waals surface area contributed by atoms with Gasteiger partial charge in [-0.2, -0.15) is 13.8 Å². The van der Waals surface area contributed by atoms with E-state index in [-0.39, 0.29) is 40.9 Å². The molecule has 1 aromatic carbocycles. The summed E-state index contributed by atoms with van der Waals surface area (Å²) in [5, 5.41) is 6.10. The van der Waals surface area contributed by atoms with Crippen LogP contribution in [0, 0.1) is 11.3 Å². The van der Waals surface area contributed by atoms with Crippen LogP contribution in [0.5, 0.6) is 5.75 Å². The number of alkyl halides is 2. The zero-order chi connectivity index (χ0) is 34.3. The largest absolute Gasteiger partial charge is 0.495 e. The summed E-state index contributed by atoms with van der Waals surface area (Å²) in [6.07, 6.45) is 4.98. The molecule has 47 heavy (non-hydrogen) atoms. The van der Waals surface area contributed by atoms with Gasteiger partial charge in [-0.15, -0.1) is 0 Å². The molecule has 0 radical (unpaired) electrons. The number of carbonyl (C=O) groups excluding carboxylic acids is 3. The number of hydrogen-bond acceptors (Lipinski definition) is 9. The topological polar surface area (TPSA) is 129 Å². The molecule has 0 atom stereocenters. The molecule has 1 spiro atoms. The van der Waals surface area contributed by atoms with Crippen molar-refractivity contribution < 1.29 is 32.6 Å². The van der Waals surface area contributed by atoms with Gasteiger partial charge in [0.15, 0.2) is 5.82 Å². The molecule has 2 N–H and O–H groups in total. The average molecular weight is 658 g/mol. The van der Waals surface area contributed by atoms with Crippen LogP contribution in [0.2, 0.25) is 0 Å². The Bertz CT molecular complexity index is 1510. The van der Waals surface area contributed by atoms with Gasteiger partial charge in [0.1, 0.15) is 17.0 Å². The number of nitrogens with one attached hydrogen (secondary N) is 2. The zero-order valence-corrected chi connectivity index (χ0v) is 28.2. The fourth-order valence-corrected chi connectivity index (χ4v) is 6.62. The van der Waals surface area contributed by atoms with E-state index in [0.29, 0.717) is 42.6 Å². The van der Waals surface area contributed by atoms with Crippen molar-refractivity contribution in [2.75, 3.05) is 55.5 Å². The van der Waals surface area contributed by atoms with Gasteiger partial charge in [-0.1, -0.05) is 0 Å². The number of likely N-dealkylation sites (tertiary alicyclic amines) is 1. The highest BCUT2D eigenvalue weighted by atomic mass is 19.3. The number of nitrogens with zero attached hydrogens (tertiary/aromatic N) is 5. The monoisotopic (exact) mass is 657 g/mol. The number of methoxy groups -OCH3 is 1. The summed E-state index contributed by atoms with van der Waals surface area (Å²) < 4.78 is 40.4. The summed E-state index contributed by atoms with van der Waals surface area (Å²) in [4.78, 5) is 50.7. The Hall–Kier alpha value is -4.23. The quantitative estimate of drug-likeness (QED) is 0.412. The predicted molar refractivity (Wildman–Crippen MR) is 174 cm³/mol. The third kappa shape index (κ3) is 7.36. The van der Waals surface area contributed by atoms with E-state index >= 15 is 0 Å². The summed E-state index contributed by atoms with van der Waals surface area (Å²) in [5.41, 5.74) is 0.782.